The number of aromatic hydroxyl groups is 1. The first-order valence-corrected chi connectivity index (χ1v) is 6.82. The summed E-state index contributed by atoms with van der Waals surface area (Å²) in [5, 5.41) is 13.3. The molecule has 0 radical (unpaired) electrons. The SMILES string of the molecule is CC1CCCC1NC1CCc2cc(O)ccc21. The van der Waals surface area contributed by atoms with Crippen molar-refractivity contribution in [1.82, 2.24) is 5.32 Å². The van der Waals surface area contributed by atoms with Crippen LogP contribution in [0, 0.1) is 5.92 Å². The third kappa shape index (κ3) is 2.06. The van der Waals surface area contributed by atoms with E-state index in [2.05, 4.69) is 18.3 Å². The Morgan fingerprint density at radius 2 is 2.12 bits per heavy atom. The van der Waals surface area contributed by atoms with Crippen LogP contribution in [0.3, 0.4) is 0 Å². The molecule has 1 aromatic rings. The average molecular weight is 231 g/mol. The molecule has 0 spiro atoms. The van der Waals surface area contributed by atoms with Crippen molar-refractivity contribution in [1.29, 1.82) is 0 Å². The molecule has 0 bridgehead atoms. The summed E-state index contributed by atoms with van der Waals surface area (Å²) in [6, 6.07) is 7.04. The summed E-state index contributed by atoms with van der Waals surface area (Å²) >= 11 is 0. The van der Waals surface area contributed by atoms with Gasteiger partial charge in [0.25, 0.3) is 0 Å². The summed E-state index contributed by atoms with van der Waals surface area (Å²) in [5.74, 6) is 1.22. The molecule has 0 saturated heterocycles. The van der Waals surface area contributed by atoms with Gasteiger partial charge >= 0.3 is 0 Å². The molecule has 2 nitrogen and oxygen atoms in total. The molecule has 3 unspecified atom stereocenters. The predicted molar refractivity (Wildman–Crippen MR) is 69.1 cm³/mol. The Balaban J connectivity index is 1.75. The minimum atomic E-state index is 0.402. The van der Waals surface area contributed by atoms with Crippen LogP contribution in [0.15, 0.2) is 18.2 Å². The highest BCUT2D eigenvalue weighted by atomic mass is 16.3. The monoisotopic (exact) mass is 231 g/mol. The lowest BCUT2D eigenvalue weighted by Gasteiger charge is -2.23. The van der Waals surface area contributed by atoms with Crippen LogP contribution >= 0.6 is 0 Å². The molecule has 1 saturated carbocycles. The van der Waals surface area contributed by atoms with Gasteiger partial charge in [-0.05, 0) is 54.9 Å². The number of phenolic OH excluding ortho intramolecular Hbond substituents is 1. The maximum atomic E-state index is 9.49. The molecule has 17 heavy (non-hydrogen) atoms. The lowest BCUT2D eigenvalue weighted by molar-refractivity contribution is 0.374. The largest absolute Gasteiger partial charge is 0.508 e. The van der Waals surface area contributed by atoms with E-state index in [0.717, 1.165) is 12.3 Å². The van der Waals surface area contributed by atoms with Gasteiger partial charge < -0.3 is 10.4 Å². The van der Waals surface area contributed by atoms with Crippen molar-refractivity contribution in [3.63, 3.8) is 0 Å². The van der Waals surface area contributed by atoms with Crippen LogP contribution < -0.4 is 5.32 Å². The van der Waals surface area contributed by atoms with Crippen molar-refractivity contribution in [2.45, 2.75) is 51.1 Å². The first kappa shape index (κ1) is 11.1. The molecule has 2 heteroatoms. The number of fused-ring (bicyclic) bond motifs is 1. The van der Waals surface area contributed by atoms with Gasteiger partial charge in [0.2, 0.25) is 0 Å². The van der Waals surface area contributed by atoms with E-state index in [4.69, 9.17) is 0 Å². The Kier molecular flexibility index (Phi) is 2.83. The smallest absolute Gasteiger partial charge is 0.115 e. The number of hydrogen-bond donors (Lipinski definition) is 2. The van der Waals surface area contributed by atoms with E-state index in [-0.39, 0.29) is 0 Å². The summed E-state index contributed by atoms with van der Waals surface area (Å²) in [4.78, 5) is 0. The molecule has 1 aromatic carbocycles. The molecule has 2 aliphatic rings. The van der Waals surface area contributed by atoms with E-state index in [0.29, 0.717) is 17.8 Å². The molecule has 0 heterocycles. The zero-order valence-electron chi connectivity index (χ0n) is 10.4. The third-order valence-electron chi connectivity index (χ3n) is 4.48. The standard InChI is InChI=1S/C15H21NO/c1-10-3-2-4-14(10)16-15-8-5-11-9-12(17)6-7-13(11)15/h6-7,9-10,14-17H,2-5,8H2,1H3. The summed E-state index contributed by atoms with van der Waals surface area (Å²) in [6.45, 7) is 2.36. The van der Waals surface area contributed by atoms with Gasteiger partial charge in [0, 0.05) is 12.1 Å². The number of hydrogen-bond acceptors (Lipinski definition) is 2. The maximum Gasteiger partial charge on any atom is 0.115 e. The molecule has 92 valence electrons. The van der Waals surface area contributed by atoms with Crippen LogP contribution in [0.25, 0.3) is 0 Å². The molecule has 2 N–H and O–H groups in total. The molecule has 1 fully saturated rings. The summed E-state index contributed by atoms with van der Waals surface area (Å²) < 4.78 is 0. The van der Waals surface area contributed by atoms with Crippen LogP contribution in [0.1, 0.15) is 49.8 Å². The van der Waals surface area contributed by atoms with Crippen LogP contribution in [-0.2, 0) is 6.42 Å². The van der Waals surface area contributed by atoms with Crippen molar-refractivity contribution < 1.29 is 5.11 Å². The van der Waals surface area contributed by atoms with E-state index < -0.39 is 0 Å². The molecular weight excluding hydrogens is 210 g/mol. The molecular formula is C15H21NO. The Morgan fingerprint density at radius 1 is 1.24 bits per heavy atom. The van der Waals surface area contributed by atoms with E-state index in [9.17, 15) is 5.11 Å². The van der Waals surface area contributed by atoms with Crippen LogP contribution in [0.5, 0.6) is 5.75 Å². The van der Waals surface area contributed by atoms with E-state index in [1.54, 1.807) is 0 Å². The lowest BCUT2D eigenvalue weighted by Crippen LogP contribution is -2.33. The molecule has 0 aromatic heterocycles. The van der Waals surface area contributed by atoms with Crippen molar-refractivity contribution in [3.05, 3.63) is 29.3 Å². The maximum absolute atomic E-state index is 9.49. The van der Waals surface area contributed by atoms with Gasteiger partial charge in [0.05, 0.1) is 0 Å². The average Bonchev–Trinajstić information content (AvgIpc) is 2.87. The number of phenols is 1. The fourth-order valence-corrected chi connectivity index (χ4v) is 3.43. The summed E-state index contributed by atoms with van der Waals surface area (Å²) in [6.07, 6.45) is 6.34. The third-order valence-corrected chi connectivity index (χ3v) is 4.48. The topological polar surface area (TPSA) is 32.3 Å². The fourth-order valence-electron chi connectivity index (χ4n) is 3.43. The van der Waals surface area contributed by atoms with Crippen molar-refractivity contribution in [2.24, 2.45) is 5.92 Å². The Hall–Kier alpha value is -1.02. The van der Waals surface area contributed by atoms with Crippen molar-refractivity contribution in [3.8, 4) is 5.75 Å². The van der Waals surface area contributed by atoms with E-state index in [1.807, 2.05) is 12.1 Å². The summed E-state index contributed by atoms with van der Waals surface area (Å²) in [5.41, 5.74) is 2.73. The Bertz CT molecular complexity index is 415. The second-order valence-electron chi connectivity index (χ2n) is 5.66. The van der Waals surface area contributed by atoms with Crippen LogP contribution in [-0.4, -0.2) is 11.1 Å². The minimum absolute atomic E-state index is 0.402. The van der Waals surface area contributed by atoms with Gasteiger partial charge in [-0.15, -0.1) is 0 Å². The number of benzene rings is 1. The van der Waals surface area contributed by atoms with Crippen LogP contribution in [0.4, 0.5) is 0 Å². The number of nitrogens with one attached hydrogen (secondary N) is 1. The van der Waals surface area contributed by atoms with E-state index in [1.165, 1.54) is 36.8 Å². The fraction of sp³-hybridized carbons (Fsp3) is 0.600. The van der Waals surface area contributed by atoms with Crippen molar-refractivity contribution in [2.75, 3.05) is 0 Å². The molecule has 0 amide bonds. The number of rotatable bonds is 2. The molecule has 2 aliphatic carbocycles. The predicted octanol–water partition coefficient (Wildman–Crippen LogP) is 3.16. The summed E-state index contributed by atoms with van der Waals surface area (Å²) in [7, 11) is 0. The van der Waals surface area contributed by atoms with Gasteiger partial charge in [-0.25, -0.2) is 0 Å². The molecule has 3 atom stereocenters. The first-order chi connectivity index (χ1) is 8.24. The quantitative estimate of drug-likeness (QED) is 0.819. The van der Waals surface area contributed by atoms with Gasteiger partial charge in [-0.2, -0.15) is 0 Å². The Labute approximate surface area is 103 Å². The highest BCUT2D eigenvalue weighted by Gasteiger charge is 2.29. The lowest BCUT2D eigenvalue weighted by atomic mass is 10.0. The normalized spacial score (nSPS) is 31.7. The van der Waals surface area contributed by atoms with E-state index >= 15 is 0 Å². The zero-order chi connectivity index (χ0) is 11.8. The second-order valence-corrected chi connectivity index (χ2v) is 5.66. The molecule has 0 aliphatic heterocycles. The van der Waals surface area contributed by atoms with Gasteiger partial charge in [0.15, 0.2) is 0 Å². The second kappa shape index (κ2) is 4.34. The highest BCUT2D eigenvalue weighted by molar-refractivity contribution is 5.40. The zero-order valence-corrected chi connectivity index (χ0v) is 10.4. The van der Waals surface area contributed by atoms with Crippen molar-refractivity contribution >= 4 is 0 Å². The Morgan fingerprint density at radius 3 is 2.88 bits per heavy atom. The van der Waals surface area contributed by atoms with Gasteiger partial charge in [-0.1, -0.05) is 19.4 Å². The van der Waals surface area contributed by atoms with Crippen LogP contribution in [0.2, 0.25) is 0 Å². The first-order valence-electron chi connectivity index (χ1n) is 6.82. The van der Waals surface area contributed by atoms with Gasteiger partial charge in [0.1, 0.15) is 5.75 Å². The highest BCUT2D eigenvalue weighted by Crippen LogP contribution is 2.35. The van der Waals surface area contributed by atoms with Gasteiger partial charge in [-0.3, -0.25) is 0 Å². The molecule has 3 rings (SSSR count). The number of aryl methyl sites for hydroxylation is 1. The minimum Gasteiger partial charge on any atom is -0.508 e.